The second kappa shape index (κ2) is 4.56. The molecule has 0 N–H and O–H groups in total. The van der Waals surface area contributed by atoms with Crippen LogP contribution in [0.25, 0.3) is 5.65 Å². The molecule has 4 rings (SSSR count). The topological polar surface area (TPSA) is 76.6 Å². The van der Waals surface area contributed by atoms with Crippen molar-refractivity contribution < 1.29 is 4.92 Å². The zero-order valence-electron chi connectivity index (χ0n) is 11.3. The molecule has 0 saturated heterocycles. The fraction of sp³-hybridized carbons (Fsp3) is 0.538. The van der Waals surface area contributed by atoms with E-state index in [0.29, 0.717) is 11.2 Å². The van der Waals surface area contributed by atoms with Crippen LogP contribution in [-0.4, -0.2) is 32.1 Å². The van der Waals surface area contributed by atoms with Crippen molar-refractivity contribution in [3.8, 4) is 0 Å². The van der Waals surface area contributed by atoms with Gasteiger partial charge in [0.05, 0.1) is 4.92 Å². The number of nitrogens with zero attached hydrogens (tertiary/aromatic N) is 5. The van der Waals surface area contributed by atoms with Gasteiger partial charge in [-0.2, -0.15) is 9.61 Å². The summed E-state index contributed by atoms with van der Waals surface area (Å²) in [5, 5.41) is 15.6. The minimum absolute atomic E-state index is 0.0991. The van der Waals surface area contributed by atoms with Crippen molar-refractivity contribution in [2.75, 3.05) is 11.4 Å². The minimum Gasteiger partial charge on any atom is -0.353 e. The maximum absolute atomic E-state index is 11.1. The number of nitro groups is 1. The first-order valence-corrected chi connectivity index (χ1v) is 7.52. The van der Waals surface area contributed by atoms with Crippen LogP contribution in [0, 0.1) is 10.1 Å². The lowest BCUT2D eigenvalue weighted by Gasteiger charge is -2.26. The SMILES string of the molecule is O=[N+]([O-])c1cnn2c3c(c(Cl)nc12)CCN3C1CCCC1. The molecule has 2 aromatic heterocycles. The fourth-order valence-corrected chi connectivity index (χ4v) is 3.78. The highest BCUT2D eigenvalue weighted by Gasteiger charge is 2.34. The normalized spacial score (nSPS) is 18.6. The smallest absolute Gasteiger partial charge is 0.333 e. The van der Waals surface area contributed by atoms with Gasteiger partial charge >= 0.3 is 5.69 Å². The molecular formula is C13H14ClN5O2. The van der Waals surface area contributed by atoms with Crippen LogP contribution in [0.3, 0.4) is 0 Å². The Labute approximate surface area is 125 Å². The Balaban J connectivity index is 1.93. The summed E-state index contributed by atoms with van der Waals surface area (Å²) in [4.78, 5) is 17.1. The number of fused-ring (bicyclic) bond motifs is 3. The van der Waals surface area contributed by atoms with E-state index in [0.717, 1.165) is 37.2 Å². The van der Waals surface area contributed by atoms with E-state index in [9.17, 15) is 10.1 Å². The molecule has 2 aliphatic rings. The average molecular weight is 308 g/mol. The third kappa shape index (κ3) is 1.80. The van der Waals surface area contributed by atoms with E-state index in [1.165, 1.54) is 19.0 Å². The number of hydrogen-bond acceptors (Lipinski definition) is 5. The number of hydrogen-bond donors (Lipinski definition) is 0. The largest absolute Gasteiger partial charge is 0.353 e. The lowest BCUT2D eigenvalue weighted by molar-refractivity contribution is -0.383. The Bertz CT molecular complexity index is 738. The second-order valence-electron chi connectivity index (χ2n) is 5.61. The molecule has 0 atom stereocenters. The van der Waals surface area contributed by atoms with Gasteiger partial charge in [-0.1, -0.05) is 24.4 Å². The zero-order chi connectivity index (χ0) is 14.6. The molecule has 1 fully saturated rings. The highest BCUT2D eigenvalue weighted by atomic mass is 35.5. The second-order valence-corrected chi connectivity index (χ2v) is 5.97. The lowest BCUT2D eigenvalue weighted by Crippen LogP contribution is -2.32. The fourth-order valence-electron chi connectivity index (χ4n) is 3.52. The summed E-state index contributed by atoms with van der Waals surface area (Å²) in [6, 6.07) is 0.483. The van der Waals surface area contributed by atoms with Crippen molar-refractivity contribution >= 4 is 28.8 Å². The molecule has 0 bridgehead atoms. The summed E-state index contributed by atoms with van der Waals surface area (Å²) in [6.07, 6.45) is 6.86. The van der Waals surface area contributed by atoms with Gasteiger partial charge in [0.25, 0.3) is 0 Å². The van der Waals surface area contributed by atoms with E-state index < -0.39 is 4.92 Å². The Kier molecular flexibility index (Phi) is 2.78. The van der Waals surface area contributed by atoms with E-state index in [2.05, 4.69) is 15.0 Å². The van der Waals surface area contributed by atoms with Crippen LogP contribution < -0.4 is 4.90 Å². The van der Waals surface area contributed by atoms with Crippen LogP contribution in [0.2, 0.25) is 5.15 Å². The predicted octanol–water partition coefficient (Wildman–Crippen LogP) is 2.60. The minimum atomic E-state index is -0.465. The van der Waals surface area contributed by atoms with Crippen molar-refractivity contribution in [3.05, 3.63) is 27.0 Å². The summed E-state index contributed by atoms with van der Waals surface area (Å²) in [7, 11) is 0. The monoisotopic (exact) mass is 307 g/mol. The summed E-state index contributed by atoms with van der Waals surface area (Å²) < 4.78 is 1.59. The van der Waals surface area contributed by atoms with E-state index in [1.54, 1.807) is 4.52 Å². The van der Waals surface area contributed by atoms with Crippen molar-refractivity contribution in [1.82, 2.24) is 14.6 Å². The zero-order valence-corrected chi connectivity index (χ0v) is 12.1. The van der Waals surface area contributed by atoms with E-state index in [4.69, 9.17) is 11.6 Å². The Morgan fingerprint density at radius 1 is 1.38 bits per heavy atom. The van der Waals surface area contributed by atoms with Crippen molar-refractivity contribution in [2.45, 2.75) is 38.1 Å². The number of anilines is 1. The summed E-state index contributed by atoms with van der Waals surface area (Å²) in [6.45, 7) is 0.883. The van der Waals surface area contributed by atoms with Crippen molar-refractivity contribution in [3.63, 3.8) is 0 Å². The molecule has 110 valence electrons. The van der Waals surface area contributed by atoms with Crippen LogP contribution in [0.15, 0.2) is 6.20 Å². The first-order chi connectivity index (χ1) is 10.2. The van der Waals surface area contributed by atoms with E-state index >= 15 is 0 Å². The molecule has 1 aliphatic heterocycles. The first kappa shape index (κ1) is 12.8. The van der Waals surface area contributed by atoms with Crippen LogP contribution in [0.4, 0.5) is 11.5 Å². The van der Waals surface area contributed by atoms with Gasteiger partial charge in [-0.05, 0) is 19.3 Å². The molecule has 0 unspecified atom stereocenters. The Morgan fingerprint density at radius 3 is 2.86 bits per heavy atom. The molecule has 1 aliphatic carbocycles. The van der Waals surface area contributed by atoms with Crippen LogP contribution in [0.1, 0.15) is 31.2 Å². The summed E-state index contributed by atoms with van der Waals surface area (Å²) in [5.74, 6) is 0.894. The van der Waals surface area contributed by atoms with Crippen LogP contribution in [-0.2, 0) is 6.42 Å². The molecule has 21 heavy (non-hydrogen) atoms. The predicted molar refractivity (Wildman–Crippen MR) is 78.0 cm³/mol. The molecule has 3 heterocycles. The average Bonchev–Trinajstić information content (AvgIpc) is 3.16. The van der Waals surface area contributed by atoms with Gasteiger partial charge in [-0.15, -0.1) is 0 Å². The van der Waals surface area contributed by atoms with Crippen molar-refractivity contribution in [2.24, 2.45) is 0 Å². The van der Waals surface area contributed by atoms with Gasteiger partial charge in [0.1, 0.15) is 17.2 Å². The highest BCUT2D eigenvalue weighted by molar-refractivity contribution is 6.30. The maximum Gasteiger partial charge on any atom is 0.333 e. The molecule has 0 aromatic carbocycles. The van der Waals surface area contributed by atoms with Gasteiger partial charge in [-0.25, -0.2) is 4.98 Å². The van der Waals surface area contributed by atoms with Gasteiger partial charge in [0.2, 0.25) is 5.65 Å². The summed E-state index contributed by atoms with van der Waals surface area (Å²) >= 11 is 6.25. The number of rotatable bonds is 2. The standard InChI is InChI=1S/C13H14ClN5O2/c14-11-9-5-6-17(8-3-1-2-4-8)13(9)18-12(16-11)10(7-15-18)19(20)21/h7-8H,1-6H2. The molecule has 7 nitrogen and oxygen atoms in total. The molecule has 0 amide bonds. The van der Waals surface area contributed by atoms with E-state index in [-0.39, 0.29) is 11.3 Å². The number of aromatic nitrogens is 3. The molecule has 0 spiro atoms. The van der Waals surface area contributed by atoms with Gasteiger partial charge < -0.3 is 4.90 Å². The van der Waals surface area contributed by atoms with Crippen LogP contribution in [0.5, 0.6) is 0 Å². The first-order valence-electron chi connectivity index (χ1n) is 7.14. The third-order valence-electron chi connectivity index (χ3n) is 4.49. The molecule has 1 saturated carbocycles. The van der Waals surface area contributed by atoms with E-state index in [1.807, 2.05) is 0 Å². The Morgan fingerprint density at radius 2 is 2.14 bits per heavy atom. The lowest BCUT2D eigenvalue weighted by atomic mass is 10.2. The third-order valence-corrected chi connectivity index (χ3v) is 4.80. The van der Waals surface area contributed by atoms with Gasteiger partial charge in [-0.3, -0.25) is 10.1 Å². The van der Waals surface area contributed by atoms with Gasteiger partial charge in [0.15, 0.2) is 0 Å². The summed E-state index contributed by atoms with van der Waals surface area (Å²) in [5.41, 5.74) is 1.08. The molecule has 8 heteroatoms. The van der Waals surface area contributed by atoms with Crippen LogP contribution >= 0.6 is 11.6 Å². The molecule has 2 aromatic rings. The Hall–Kier alpha value is -1.89. The highest BCUT2D eigenvalue weighted by Crippen LogP contribution is 2.39. The molecule has 0 radical (unpaired) electrons. The molecular weight excluding hydrogens is 294 g/mol. The quantitative estimate of drug-likeness (QED) is 0.484. The van der Waals surface area contributed by atoms with Gasteiger partial charge in [0, 0.05) is 18.2 Å². The number of halogens is 1. The maximum atomic E-state index is 11.1. The van der Waals surface area contributed by atoms with Crippen molar-refractivity contribution in [1.29, 1.82) is 0 Å².